The number of fused-ring (bicyclic) bond motifs is 19. The second kappa shape index (κ2) is 16.0. The highest BCUT2D eigenvalue weighted by Gasteiger charge is 2.27. The van der Waals surface area contributed by atoms with Crippen LogP contribution in [0.1, 0.15) is 0 Å². The average molecular weight is 895 g/mol. The van der Waals surface area contributed by atoms with Gasteiger partial charge in [0.15, 0.2) is 0 Å². The lowest BCUT2D eigenvalue weighted by Crippen LogP contribution is -2.13. The van der Waals surface area contributed by atoms with E-state index in [9.17, 15) is 0 Å². The molecule has 2 heterocycles. The predicted octanol–water partition coefficient (Wildman–Crippen LogP) is 19.5. The molecule has 322 valence electrons. The highest BCUT2D eigenvalue weighted by atomic mass is 32.1. The summed E-state index contributed by atoms with van der Waals surface area (Å²) in [5.74, 6) is 0. The number of hydrogen-bond donors (Lipinski definition) is 0. The van der Waals surface area contributed by atoms with Crippen molar-refractivity contribution in [2.24, 2.45) is 0 Å². The molecular formula is C66H42N2S. The standard InChI is InChI=1S/C66H42N2S/c1-3-19-43(20-4-1)67(46-36-39-62-60(42-46)53-29-12-11-27-51(53)55-30-15-17-33-61(55)68(62)44-21-5-2-6-22-44)45-35-37-54-50-26-10-8-24-48(50)47-23-7-9-25-49(47)52-28-13-14-31-56(52)65-57(59(54)41-45)38-40-64-66(65)58-32-16-18-34-63(58)69-64/h1-42H. The lowest BCUT2D eigenvalue weighted by atomic mass is 9.92. The number of nitrogens with zero attached hydrogens (tertiary/aromatic N) is 2. The van der Waals surface area contributed by atoms with Gasteiger partial charge in [0.05, 0.1) is 11.4 Å². The van der Waals surface area contributed by atoms with Gasteiger partial charge in [-0.2, -0.15) is 0 Å². The molecule has 12 aromatic carbocycles. The first-order chi connectivity index (χ1) is 34.3. The molecule has 3 heteroatoms. The summed E-state index contributed by atoms with van der Waals surface area (Å²) in [6, 6.07) is 94.2. The summed E-state index contributed by atoms with van der Waals surface area (Å²) >= 11 is 1.88. The second-order valence-electron chi connectivity index (χ2n) is 17.9. The van der Waals surface area contributed by atoms with E-state index in [1.54, 1.807) is 0 Å². The first-order valence-electron chi connectivity index (χ1n) is 23.7. The Morgan fingerprint density at radius 2 is 0.725 bits per heavy atom. The summed E-state index contributed by atoms with van der Waals surface area (Å²) in [5.41, 5.74) is 11.5. The Labute approximate surface area is 404 Å². The van der Waals surface area contributed by atoms with Crippen LogP contribution in [-0.4, -0.2) is 0 Å². The minimum absolute atomic E-state index is 1.08. The lowest BCUT2D eigenvalue weighted by molar-refractivity contribution is 1.27. The molecule has 69 heavy (non-hydrogen) atoms. The molecular weight excluding hydrogens is 853 g/mol. The minimum atomic E-state index is 1.08. The molecule has 0 aliphatic carbocycles. The monoisotopic (exact) mass is 894 g/mol. The molecule has 1 aromatic heterocycles. The van der Waals surface area contributed by atoms with Crippen LogP contribution in [0.5, 0.6) is 0 Å². The minimum Gasteiger partial charge on any atom is -0.310 e. The molecule has 1 aliphatic heterocycles. The molecule has 0 fully saturated rings. The van der Waals surface area contributed by atoms with E-state index >= 15 is 0 Å². The van der Waals surface area contributed by atoms with Crippen LogP contribution >= 0.6 is 11.3 Å². The van der Waals surface area contributed by atoms with Crippen LogP contribution in [0.3, 0.4) is 0 Å². The number of rotatable bonds is 4. The third kappa shape index (κ3) is 6.25. The van der Waals surface area contributed by atoms with Crippen molar-refractivity contribution in [2.75, 3.05) is 9.80 Å². The van der Waals surface area contributed by atoms with Crippen molar-refractivity contribution in [2.45, 2.75) is 0 Å². The average Bonchev–Trinajstić information content (AvgIpc) is 3.75. The molecule has 13 aromatic rings. The van der Waals surface area contributed by atoms with Crippen LogP contribution in [0.2, 0.25) is 0 Å². The Hall–Kier alpha value is -8.76. The highest BCUT2D eigenvalue weighted by Crippen LogP contribution is 2.53. The number of benzene rings is 11. The smallest absolute Gasteiger partial charge is 0.0542 e. The first-order valence-corrected chi connectivity index (χ1v) is 24.5. The van der Waals surface area contributed by atoms with Crippen molar-refractivity contribution < 1.29 is 0 Å². The maximum atomic E-state index is 2.46. The van der Waals surface area contributed by atoms with E-state index in [0.29, 0.717) is 0 Å². The number of para-hydroxylation sites is 3. The summed E-state index contributed by atoms with van der Waals surface area (Å²) in [7, 11) is 0. The largest absolute Gasteiger partial charge is 0.310 e. The van der Waals surface area contributed by atoms with Crippen LogP contribution in [0.15, 0.2) is 255 Å². The van der Waals surface area contributed by atoms with Crippen LogP contribution in [0, 0.1) is 0 Å². The van der Waals surface area contributed by atoms with E-state index in [1.807, 2.05) is 11.3 Å². The predicted molar refractivity (Wildman–Crippen MR) is 298 cm³/mol. The van der Waals surface area contributed by atoms with Crippen molar-refractivity contribution in [1.82, 2.24) is 0 Å². The molecule has 0 bridgehead atoms. The van der Waals surface area contributed by atoms with Gasteiger partial charge in [0, 0.05) is 54.0 Å². The van der Waals surface area contributed by atoms with Crippen molar-refractivity contribution >= 4 is 119 Å². The zero-order valence-electron chi connectivity index (χ0n) is 37.6. The summed E-state index contributed by atoms with van der Waals surface area (Å²) in [6.07, 6.45) is 0. The van der Waals surface area contributed by atoms with Crippen LogP contribution in [-0.2, 0) is 0 Å². The third-order valence-corrected chi connectivity index (χ3v) is 15.3. The zero-order chi connectivity index (χ0) is 45.4. The molecule has 1 aliphatic rings. The maximum absolute atomic E-state index is 2.46. The molecule has 0 saturated carbocycles. The third-order valence-electron chi connectivity index (χ3n) is 14.2. The van der Waals surface area contributed by atoms with E-state index in [2.05, 4.69) is 265 Å². The molecule has 0 atom stereocenters. The SMILES string of the molecule is c1ccc(N(c2ccc3c(c2)-c2ccccc2-c2ccccc2N3c2ccccc2)c2ccc3c4ccccc4c4ccccc4c4ccccc4c4c(ccc5sc6ccccc6c54)c3c2)cc1. The molecule has 0 N–H and O–H groups in total. The summed E-state index contributed by atoms with van der Waals surface area (Å²) < 4.78 is 2.58. The zero-order valence-corrected chi connectivity index (χ0v) is 38.4. The molecule has 0 spiro atoms. The fourth-order valence-electron chi connectivity index (χ4n) is 11.2. The van der Waals surface area contributed by atoms with E-state index < -0.39 is 0 Å². The number of anilines is 6. The maximum Gasteiger partial charge on any atom is 0.0542 e. The van der Waals surface area contributed by atoms with E-state index in [0.717, 1.165) is 34.1 Å². The van der Waals surface area contributed by atoms with Gasteiger partial charge in [-0.05, 0) is 138 Å². The quantitative estimate of drug-likeness (QED) is 0.174. The second-order valence-corrected chi connectivity index (χ2v) is 19.0. The topological polar surface area (TPSA) is 6.48 Å². The molecule has 0 saturated heterocycles. The molecule has 0 unspecified atom stereocenters. The van der Waals surface area contributed by atoms with Gasteiger partial charge in [0.1, 0.15) is 0 Å². The van der Waals surface area contributed by atoms with Crippen LogP contribution in [0.25, 0.3) is 96.3 Å². The summed E-state index contributed by atoms with van der Waals surface area (Å²) in [4.78, 5) is 4.87. The first kappa shape index (κ1) is 39.4. The Bertz CT molecular complexity index is 4270. The Kier molecular flexibility index (Phi) is 9.11. The molecule has 14 rings (SSSR count). The van der Waals surface area contributed by atoms with E-state index in [-0.39, 0.29) is 0 Å². The van der Waals surface area contributed by atoms with Crippen LogP contribution < -0.4 is 9.80 Å². The lowest BCUT2D eigenvalue weighted by Gasteiger charge is -2.30. The van der Waals surface area contributed by atoms with Gasteiger partial charge in [-0.1, -0.05) is 182 Å². The molecule has 0 radical (unpaired) electrons. The van der Waals surface area contributed by atoms with Crippen molar-refractivity contribution in [1.29, 1.82) is 0 Å². The Morgan fingerprint density at radius 1 is 0.261 bits per heavy atom. The van der Waals surface area contributed by atoms with Gasteiger partial charge < -0.3 is 9.80 Å². The van der Waals surface area contributed by atoms with Gasteiger partial charge >= 0.3 is 0 Å². The number of thiophene rings is 1. The highest BCUT2D eigenvalue weighted by molar-refractivity contribution is 7.26. The fourth-order valence-corrected chi connectivity index (χ4v) is 12.3. The Morgan fingerprint density at radius 3 is 1.42 bits per heavy atom. The normalized spacial score (nSPS) is 12.0. The van der Waals surface area contributed by atoms with Crippen molar-refractivity contribution in [3.05, 3.63) is 255 Å². The van der Waals surface area contributed by atoms with Gasteiger partial charge in [-0.15, -0.1) is 11.3 Å². The Balaban J connectivity index is 1.12. The van der Waals surface area contributed by atoms with Gasteiger partial charge in [0.2, 0.25) is 0 Å². The fraction of sp³-hybridized carbons (Fsp3) is 0. The molecule has 0 amide bonds. The molecule has 2 nitrogen and oxygen atoms in total. The van der Waals surface area contributed by atoms with Crippen molar-refractivity contribution in [3.8, 4) is 22.3 Å². The summed E-state index contributed by atoms with van der Waals surface area (Å²) in [6.45, 7) is 0. The van der Waals surface area contributed by atoms with Crippen LogP contribution in [0.4, 0.5) is 34.1 Å². The van der Waals surface area contributed by atoms with Crippen molar-refractivity contribution in [3.63, 3.8) is 0 Å². The van der Waals surface area contributed by atoms with Gasteiger partial charge in [0.25, 0.3) is 0 Å². The van der Waals surface area contributed by atoms with E-state index in [1.165, 1.54) is 96.3 Å². The van der Waals surface area contributed by atoms with Gasteiger partial charge in [-0.3, -0.25) is 0 Å². The number of hydrogen-bond acceptors (Lipinski definition) is 3. The van der Waals surface area contributed by atoms with Gasteiger partial charge in [-0.25, -0.2) is 0 Å². The van der Waals surface area contributed by atoms with E-state index in [4.69, 9.17) is 0 Å². The summed E-state index contributed by atoms with van der Waals surface area (Å²) in [5, 5.41) is 14.8.